The van der Waals surface area contributed by atoms with Gasteiger partial charge in [0.15, 0.2) is 0 Å². The second-order valence-corrected chi connectivity index (χ2v) is 11.0. The molecule has 3 heterocycles. The first-order chi connectivity index (χ1) is 19.1. The zero-order valence-electron chi connectivity index (χ0n) is 21.2. The van der Waals surface area contributed by atoms with Crippen molar-refractivity contribution in [1.82, 2.24) is 14.9 Å². The first-order valence-corrected chi connectivity index (χ1v) is 13.9. The summed E-state index contributed by atoms with van der Waals surface area (Å²) in [5.74, 6) is 0.781. The number of aliphatic hydroxyl groups is 1. The van der Waals surface area contributed by atoms with Gasteiger partial charge in [-0.25, -0.2) is 4.98 Å². The number of hydrogen-bond acceptors (Lipinski definition) is 7. The van der Waals surface area contributed by atoms with Crippen LogP contribution in [0.15, 0.2) is 70.5 Å². The molecule has 3 N–H and O–H groups in total. The average Bonchev–Trinajstić information content (AvgIpc) is 2.93. The highest BCUT2D eigenvalue weighted by atomic mass is 35.5. The molecule has 0 spiro atoms. The molecule has 1 aliphatic rings. The molecule has 1 atom stereocenters. The number of nitrogens with zero attached hydrogens (tertiary/aromatic N) is 3. The Bertz CT molecular complexity index is 1560. The van der Waals surface area contributed by atoms with Crippen molar-refractivity contribution >= 4 is 40.1 Å². The molecule has 0 radical (unpaired) electrons. The van der Waals surface area contributed by atoms with Crippen molar-refractivity contribution in [3.8, 4) is 16.9 Å². The Balaban J connectivity index is 1.39. The Hall–Kier alpha value is -3.25. The number of phenols is 1. The number of benzene rings is 2. The minimum atomic E-state index is -4.61. The van der Waals surface area contributed by atoms with Crippen LogP contribution in [0.25, 0.3) is 22.0 Å². The van der Waals surface area contributed by atoms with Crippen molar-refractivity contribution in [2.24, 2.45) is 0 Å². The molecule has 2 aromatic heterocycles. The minimum Gasteiger partial charge on any atom is -0.507 e. The summed E-state index contributed by atoms with van der Waals surface area (Å²) in [7, 11) is 0. The number of aromatic amines is 1. The largest absolute Gasteiger partial charge is 0.507 e. The molecule has 0 bridgehead atoms. The second-order valence-electron chi connectivity index (χ2n) is 9.52. The molecular formula is C28H26ClF3N4O3S. The maximum Gasteiger partial charge on any atom is 0.416 e. The highest BCUT2D eigenvalue weighted by molar-refractivity contribution is 7.99. The van der Waals surface area contributed by atoms with Crippen molar-refractivity contribution < 1.29 is 23.4 Å². The summed E-state index contributed by atoms with van der Waals surface area (Å²) >= 11 is 7.19. The lowest BCUT2D eigenvalue weighted by atomic mass is 9.98. The van der Waals surface area contributed by atoms with E-state index in [-0.39, 0.29) is 43.5 Å². The number of aliphatic hydroxyl groups excluding tert-OH is 1. The number of H-pyrrole nitrogens is 1. The number of alkyl halides is 3. The quantitative estimate of drug-likeness (QED) is 0.253. The topological polar surface area (TPSA) is 92.7 Å². The third kappa shape index (κ3) is 6.22. The van der Waals surface area contributed by atoms with Gasteiger partial charge >= 0.3 is 6.18 Å². The van der Waals surface area contributed by atoms with Crippen LogP contribution < -0.4 is 10.5 Å². The van der Waals surface area contributed by atoms with Gasteiger partial charge in [0.05, 0.1) is 16.6 Å². The smallest absolute Gasteiger partial charge is 0.416 e. The summed E-state index contributed by atoms with van der Waals surface area (Å²) in [5, 5.41) is 21.8. The summed E-state index contributed by atoms with van der Waals surface area (Å²) in [6.07, 6.45) is -3.68. The number of β-amino-alcohol motifs (C(OH)–C–C–N with tert-alkyl or cyclic N) is 1. The number of nitrogens with one attached hydrogen (secondary N) is 1. The van der Waals surface area contributed by atoms with Gasteiger partial charge in [-0.15, -0.1) is 11.8 Å². The number of phenolic OH excluding ortho intramolecular Hbond substituents is 1. The molecule has 0 amide bonds. The van der Waals surface area contributed by atoms with E-state index in [2.05, 4.69) is 19.8 Å². The third-order valence-corrected chi connectivity index (χ3v) is 8.22. The van der Waals surface area contributed by atoms with Crippen LogP contribution in [-0.4, -0.2) is 69.7 Å². The average molecular weight is 591 g/mol. The van der Waals surface area contributed by atoms with Crippen molar-refractivity contribution in [2.75, 3.05) is 43.4 Å². The number of aromatic hydroxyl groups is 1. The number of pyridine rings is 2. The molecule has 1 unspecified atom stereocenters. The van der Waals surface area contributed by atoms with Gasteiger partial charge in [0.1, 0.15) is 11.6 Å². The van der Waals surface area contributed by atoms with Gasteiger partial charge in [-0.3, -0.25) is 9.69 Å². The van der Waals surface area contributed by atoms with E-state index in [1.807, 2.05) is 18.2 Å². The monoisotopic (exact) mass is 590 g/mol. The number of anilines is 1. The van der Waals surface area contributed by atoms with E-state index in [0.717, 1.165) is 55.9 Å². The Morgan fingerprint density at radius 2 is 1.85 bits per heavy atom. The van der Waals surface area contributed by atoms with Crippen LogP contribution in [0.4, 0.5) is 19.0 Å². The van der Waals surface area contributed by atoms with Crippen LogP contribution in [-0.2, 0) is 6.18 Å². The van der Waals surface area contributed by atoms with Gasteiger partial charge in [0.25, 0.3) is 5.56 Å². The number of piperazine rings is 1. The Morgan fingerprint density at radius 3 is 2.55 bits per heavy atom. The van der Waals surface area contributed by atoms with E-state index in [1.54, 1.807) is 6.20 Å². The van der Waals surface area contributed by atoms with E-state index < -0.39 is 23.4 Å². The zero-order chi connectivity index (χ0) is 28.4. The standard InChI is InChI=1S/C28H26ClF3N4O3S/c29-18-5-7-23(38)21(14-18)25-20-13-17(28(30,31)32)4-6-22(20)34-27(39)26(25)40-16-19(37)15-35-9-11-36(12-10-35)24-3-1-2-8-33-24/h1-8,13-14,19,37-38H,9-12,15-16H2,(H,34,39). The number of halogens is 4. The predicted molar refractivity (Wildman–Crippen MR) is 151 cm³/mol. The lowest BCUT2D eigenvalue weighted by Gasteiger charge is -2.36. The predicted octanol–water partition coefficient (Wildman–Crippen LogP) is 5.24. The molecule has 4 aromatic rings. The lowest BCUT2D eigenvalue weighted by molar-refractivity contribution is -0.137. The van der Waals surface area contributed by atoms with Crippen LogP contribution in [0, 0.1) is 0 Å². The summed E-state index contributed by atoms with van der Waals surface area (Å²) in [6.45, 7) is 3.31. The SMILES string of the molecule is O=c1[nH]c2ccc(C(F)(F)F)cc2c(-c2cc(Cl)ccc2O)c1SCC(O)CN1CCN(c2ccccn2)CC1. The fourth-order valence-electron chi connectivity index (χ4n) is 4.80. The van der Waals surface area contributed by atoms with Crippen molar-refractivity contribution in [3.63, 3.8) is 0 Å². The van der Waals surface area contributed by atoms with Crippen molar-refractivity contribution in [1.29, 1.82) is 0 Å². The van der Waals surface area contributed by atoms with Gasteiger partial charge in [-0.2, -0.15) is 13.2 Å². The number of hydrogen-bond donors (Lipinski definition) is 3. The minimum absolute atomic E-state index is 0.0865. The van der Waals surface area contributed by atoms with Crippen LogP contribution in [0.5, 0.6) is 5.75 Å². The molecule has 0 aliphatic carbocycles. The summed E-state index contributed by atoms with van der Waals surface area (Å²) in [4.78, 5) is 24.6. The summed E-state index contributed by atoms with van der Waals surface area (Å²) in [5.41, 5.74) is -0.988. The number of rotatable bonds is 7. The lowest BCUT2D eigenvalue weighted by Crippen LogP contribution is -2.49. The first kappa shape index (κ1) is 28.3. The number of fused-ring (bicyclic) bond motifs is 1. The van der Waals surface area contributed by atoms with Crippen molar-refractivity contribution in [3.05, 3.63) is 81.7 Å². The van der Waals surface area contributed by atoms with E-state index in [1.165, 1.54) is 24.3 Å². The molecule has 1 fully saturated rings. The molecule has 1 aliphatic heterocycles. The maximum absolute atomic E-state index is 13.6. The normalized spacial score (nSPS) is 15.5. The molecule has 210 valence electrons. The van der Waals surface area contributed by atoms with Gasteiger partial charge < -0.3 is 20.1 Å². The summed E-state index contributed by atoms with van der Waals surface area (Å²) < 4.78 is 40.7. The van der Waals surface area contributed by atoms with Crippen LogP contribution in [0.3, 0.4) is 0 Å². The first-order valence-electron chi connectivity index (χ1n) is 12.6. The molecule has 12 heteroatoms. The third-order valence-electron chi connectivity index (χ3n) is 6.76. The fourth-order valence-corrected chi connectivity index (χ4v) is 5.98. The molecule has 7 nitrogen and oxygen atoms in total. The molecule has 40 heavy (non-hydrogen) atoms. The number of thioether (sulfide) groups is 1. The Labute approximate surface area is 237 Å². The molecule has 5 rings (SSSR count). The Kier molecular flexibility index (Phi) is 8.27. The Morgan fingerprint density at radius 1 is 1.07 bits per heavy atom. The van der Waals surface area contributed by atoms with E-state index in [4.69, 9.17) is 11.6 Å². The molecule has 0 saturated carbocycles. The van der Waals surface area contributed by atoms with Gasteiger partial charge in [-0.1, -0.05) is 17.7 Å². The molecular weight excluding hydrogens is 565 g/mol. The van der Waals surface area contributed by atoms with E-state index in [9.17, 15) is 28.2 Å². The number of aromatic nitrogens is 2. The van der Waals surface area contributed by atoms with Gasteiger partial charge in [0.2, 0.25) is 0 Å². The molecule has 1 saturated heterocycles. The van der Waals surface area contributed by atoms with Gasteiger partial charge in [-0.05, 0) is 48.5 Å². The maximum atomic E-state index is 13.6. The summed E-state index contributed by atoms with van der Waals surface area (Å²) in [6, 6.07) is 13.0. The van der Waals surface area contributed by atoms with Gasteiger partial charge in [0, 0.05) is 71.7 Å². The van der Waals surface area contributed by atoms with Crippen LogP contribution >= 0.6 is 23.4 Å². The van der Waals surface area contributed by atoms with E-state index >= 15 is 0 Å². The van der Waals surface area contributed by atoms with Crippen LogP contribution in [0.2, 0.25) is 5.02 Å². The van der Waals surface area contributed by atoms with E-state index in [0.29, 0.717) is 6.54 Å². The second kappa shape index (κ2) is 11.7. The zero-order valence-corrected chi connectivity index (χ0v) is 22.7. The fraction of sp³-hybridized carbons (Fsp3) is 0.286. The van der Waals surface area contributed by atoms with Crippen LogP contribution in [0.1, 0.15) is 5.56 Å². The molecule has 2 aromatic carbocycles. The highest BCUT2D eigenvalue weighted by Crippen LogP contribution is 2.42. The van der Waals surface area contributed by atoms with Crippen molar-refractivity contribution in [2.45, 2.75) is 17.2 Å². The highest BCUT2D eigenvalue weighted by Gasteiger charge is 2.31.